The molecule has 1 aliphatic rings. The molecule has 1 saturated heterocycles. The summed E-state index contributed by atoms with van der Waals surface area (Å²) in [4.78, 5) is 12.1. The lowest BCUT2D eigenvalue weighted by Gasteiger charge is -2.32. The number of hydrogen-bond donors (Lipinski definition) is 0. The van der Waals surface area contributed by atoms with Gasteiger partial charge in [0.1, 0.15) is 5.65 Å². The summed E-state index contributed by atoms with van der Waals surface area (Å²) in [7, 11) is 0. The number of imidazole rings is 1. The van der Waals surface area contributed by atoms with Crippen molar-refractivity contribution < 1.29 is 0 Å². The fraction of sp³-hybridized carbons (Fsp3) is 0.455. The monoisotopic (exact) mass is 382 g/mol. The summed E-state index contributed by atoms with van der Waals surface area (Å²) in [6.45, 7) is 5.84. The smallest absolute Gasteiger partial charge is 0.137 e. The summed E-state index contributed by atoms with van der Waals surface area (Å²) in [5, 5.41) is 0.702. The Morgan fingerprint density at radius 3 is 3.00 bits per heavy atom. The Bertz CT molecular complexity index is 904. The number of nitrogens with zero attached hydrogens (tertiary/aromatic N) is 4. The molecular formula is C22H27ClN4. The maximum atomic E-state index is 6.18. The molecule has 5 heteroatoms. The molecule has 4 rings (SSSR count). The third-order valence-corrected chi connectivity index (χ3v) is 5.73. The van der Waals surface area contributed by atoms with Crippen LogP contribution in [-0.2, 0) is 0 Å². The molecule has 0 bridgehead atoms. The molecule has 0 saturated carbocycles. The number of rotatable bonds is 6. The molecule has 0 spiro atoms. The summed E-state index contributed by atoms with van der Waals surface area (Å²) in [6.07, 6.45) is 10.2. The molecule has 3 aromatic rings. The van der Waals surface area contributed by atoms with Crippen LogP contribution in [0.25, 0.3) is 17.0 Å². The second-order valence-electron chi connectivity index (χ2n) is 7.51. The first-order valence-electron chi connectivity index (χ1n) is 10.1. The highest BCUT2D eigenvalue weighted by molar-refractivity contribution is 6.30. The maximum absolute atomic E-state index is 6.18. The summed E-state index contributed by atoms with van der Waals surface area (Å²) >= 11 is 6.18. The van der Waals surface area contributed by atoms with Crippen LogP contribution >= 0.6 is 11.6 Å². The fourth-order valence-electron chi connectivity index (χ4n) is 4.05. The molecule has 1 aliphatic heterocycles. The SMILES string of the molecule is CCCCCN1CCC[C@@H](c2cccc(-c3cnc4ccc(Cl)cn34)n2)C1. The molecule has 0 radical (unpaired) electrons. The number of hydrogen-bond acceptors (Lipinski definition) is 3. The Labute approximate surface area is 166 Å². The van der Waals surface area contributed by atoms with Crippen molar-refractivity contribution in [2.24, 2.45) is 0 Å². The van der Waals surface area contributed by atoms with Gasteiger partial charge in [0.05, 0.1) is 22.6 Å². The number of aromatic nitrogens is 3. The summed E-state index contributed by atoms with van der Waals surface area (Å²) in [5.41, 5.74) is 4.04. The minimum absolute atomic E-state index is 0.517. The molecule has 0 aromatic carbocycles. The van der Waals surface area contributed by atoms with Crippen LogP contribution in [0.2, 0.25) is 5.02 Å². The van der Waals surface area contributed by atoms with E-state index in [4.69, 9.17) is 16.6 Å². The van der Waals surface area contributed by atoms with Gasteiger partial charge in [-0.3, -0.25) is 9.38 Å². The third kappa shape index (κ3) is 4.17. The van der Waals surface area contributed by atoms with Gasteiger partial charge in [0.25, 0.3) is 0 Å². The van der Waals surface area contributed by atoms with E-state index in [1.165, 1.54) is 50.9 Å². The lowest BCUT2D eigenvalue weighted by atomic mass is 9.94. The van der Waals surface area contributed by atoms with Crippen LogP contribution in [0.3, 0.4) is 0 Å². The van der Waals surface area contributed by atoms with Crippen LogP contribution in [0, 0.1) is 0 Å². The molecule has 3 aromatic heterocycles. The number of fused-ring (bicyclic) bond motifs is 1. The van der Waals surface area contributed by atoms with E-state index in [0.29, 0.717) is 10.9 Å². The van der Waals surface area contributed by atoms with Gasteiger partial charge in [-0.15, -0.1) is 0 Å². The first-order valence-corrected chi connectivity index (χ1v) is 10.4. The van der Waals surface area contributed by atoms with Crippen molar-refractivity contribution in [1.82, 2.24) is 19.3 Å². The van der Waals surface area contributed by atoms with Crippen LogP contribution in [0.1, 0.15) is 50.6 Å². The lowest BCUT2D eigenvalue weighted by Crippen LogP contribution is -2.35. The van der Waals surface area contributed by atoms with Crippen molar-refractivity contribution in [1.29, 1.82) is 0 Å². The van der Waals surface area contributed by atoms with E-state index in [0.717, 1.165) is 23.6 Å². The zero-order valence-electron chi connectivity index (χ0n) is 15.9. The fourth-order valence-corrected chi connectivity index (χ4v) is 4.21. The highest BCUT2D eigenvalue weighted by Crippen LogP contribution is 2.28. The standard InChI is InChI=1S/C22H27ClN4/c1-2-3-4-12-26-13-6-7-17(15-26)19-8-5-9-20(25-19)21-14-24-22-11-10-18(23)16-27(21)22/h5,8-11,14,16-17H,2-4,6-7,12-13,15H2,1H3/t17-/m1/s1. The molecular weight excluding hydrogens is 356 g/mol. The minimum atomic E-state index is 0.517. The number of pyridine rings is 2. The average molecular weight is 383 g/mol. The number of piperidine rings is 1. The van der Waals surface area contributed by atoms with Crippen molar-refractivity contribution in [3.8, 4) is 11.4 Å². The topological polar surface area (TPSA) is 33.4 Å². The number of likely N-dealkylation sites (tertiary alicyclic amines) is 1. The van der Waals surface area contributed by atoms with Gasteiger partial charge >= 0.3 is 0 Å². The molecule has 4 heterocycles. The highest BCUT2D eigenvalue weighted by Gasteiger charge is 2.22. The van der Waals surface area contributed by atoms with Gasteiger partial charge in [-0.25, -0.2) is 4.98 Å². The molecule has 1 atom stereocenters. The van der Waals surface area contributed by atoms with Gasteiger partial charge in [-0.05, 0) is 56.6 Å². The van der Waals surface area contributed by atoms with Gasteiger partial charge in [0, 0.05) is 24.4 Å². The van der Waals surface area contributed by atoms with Crippen molar-refractivity contribution in [2.45, 2.75) is 44.9 Å². The molecule has 142 valence electrons. The summed E-state index contributed by atoms with van der Waals surface area (Å²) < 4.78 is 2.02. The van der Waals surface area contributed by atoms with Crippen LogP contribution in [0.5, 0.6) is 0 Å². The Kier molecular flexibility index (Phi) is 5.74. The number of unbranched alkanes of at least 4 members (excludes halogenated alkanes) is 2. The van der Waals surface area contributed by atoms with Gasteiger partial charge in [0.15, 0.2) is 0 Å². The van der Waals surface area contributed by atoms with Crippen LogP contribution < -0.4 is 0 Å². The van der Waals surface area contributed by atoms with E-state index in [1.807, 2.05) is 28.9 Å². The van der Waals surface area contributed by atoms with Crippen molar-refractivity contribution in [3.05, 3.63) is 53.4 Å². The van der Waals surface area contributed by atoms with E-state index < -0.39 is 0 Å². The second-order valence-corrected chi connectivity index (χ2v) is 7.95. The normalized spacial score (nSPS) is 18.2. The molecule has 0 amide bonds. The molecule has 0 N–H and O–H groups in total. The minimum Gasteiger partial charge on any atom is -0.303 e. The Balaban J connectivity index is 1.56. The highest BCUT2D eigenvalue weighted by atomic mass is 35.5. The molecule has 1 fully saturated rings. The zero-order chi connectivity index (χ0) is 18.6. The zero-order valence-corrected chi connectivity index (χ0v) is 16.7. The molecule has 4 nitrogen and oxygen atoms in total. The first kappa shape index (κ1) is 18.5. The van der Waals surface area contributed by atoms with E-state index >= 15 is 0 Å². The van der Waals surface area contributed by atoms with E-state index in [9.17, 15) is 0 Å². The summed E-state index contributed by atoms with van der Waals surface area (Å²) in [5.74, 6) is 0.517. The lowest BCUT2D eigenvalue weighted by molar-refractivity contribution is 0.202. The molecule has 0 unspecified atom stereocenters. The van der Waals surface area contributed by atoms with Crippen molar-refractivity contribution >= 4 is 17.2 Å². The summed E-state index contributed by atoms with van der Waals surface area (Å²) in [6, 6.07) is 10.2. The Morgan fingerprint density at radius 2 is 2.11 bits per heavy atom. The predicted octanol–water partition coefficient (Wildman–Crippen LogP) is 5.42. The van der Waals surface area contributed by atoms with E-state index in [2.05, 4.69) is 35.0 Å². The van der Waals surface area contributed by atoms with Crippen molar-refractivity contribution in [3.63, 3.8) is 0 Å². The largest absolute Gasteiger partial charge is 0.303 e. The van der Waals surface area contributed by atoms with Crippen LogP contribution in [-0.4, -0.2) is 38.9 Å². The van der Waals surface area contributed by atoms with E-state index in [1.54, 1.807) is 0 Å². The predicted molar refractivity (Wildman–Crippen MR) is 111 cm³/mol. The maximum Gasteiger partial charge on any atom is 0.137 e. The van der Waals surface area contributed by atoms with Crippen LogP contribution in [0.15, 0.2) is 42.7 Å². The number of halogens is 1. The van der Waals surface area contributed by atoms with Crippen LogP contribution in [0.4, 0.5) is 0 Å². The average Bonchev–Trinajstić information content (AvgIpc) is 3.12. The van der Waals surface area contributed by atoms with Gasteiger partial charge < -0.3 is 4.90 Å². The Hall–Kier alpha value is -1.91. The molecule has 0 aliphatic carbocycles. The van der Waals surface area contributed by atoms with Gasteiger partial charge in [-0.2, -0.15) is 0 Å². The van der Waals surface area contributed by atoms with Crippen molar-refractivity contribution in [2.75, 3.05) is 19.6 Å². The Morgan fingerprint density at radius 1 is 1.19 bits per heavy atom. The third-order valence-electron chi connectivity index (χ3n) is 5.50. The van der Waals surface area contributed by atoms with E-state index in [-0.39, 0.29) is 0 Å². The van der Waals surface area contributed by atoms with Gasteiger partial charge in [0.2, 0.25) is 0 Å². The quantitative estimate of drug-likeness (QED) is 0.534. The van der Waals surface area contributed by atoms with Gasteiger partial charge in [-0.1, -0.05) is 37.4 Å². The molecule has 27 heavy (non-hydrogen) atoms. The second kappa shape index (κ2) is 8.41. The first-order chi connectivity index (χ1) is 13.2.